The molecule has 19 heavy (non-hydrogen) atoms. The molecule has 2 N–H and O–H groups in total. The largest absolute Gasteiger partial charge is 0.463 e. The monoisotopic (exact) mass is 274 g/mol. The molecule has 3 heterocycles. The van der Waals surface area contributed by atoms with Gasteiger partial charge in [-0.25, -0.2) is 5.10 Å². The van der Waals surface area contributed by atoms with Crippen LogP contribution < -0.4 is 0 Å². The molecular weight excluding hydrogens is 264 g/mol. The van der Waals surface area contributed by atoms with E-state index >= 15 is 0 Å². The van der Waals surface area contributed by atoms with Crippen molar-refractivity contribution in [2.75, 3.05) is 0 Å². The Morgan fingerprint density at radius 2 is 2.32 bits per heavy atom. The van der Waals surface area contributed by atoms with Crippen molar-refractivity contribution in [3.05, 3.63) is 40.7 Å². The van der Waals surface area contributed by atoms with Gasteiger partial charge in [-0.2, -0.15) is 20.0 Å². The molecule has 3 aromatic rings. The summed E-state index contributed by atoms with van der Waals surface area (Å²) >= 11 is 5.14. The number of aryl methyl sites for hydroxylation is 1. The highest BCUT2D eigenvalue weighted by molar-refractivity contribution is 7.71. The van der Waals surface area contributed by atoms with Gasteiger partial charge in [0.25, 0.3) is 0 Å². The first kappa shape index (κ1) is 11.6. The van der Waals surface area contributed by atoms with E-state index in [0.29, 0.717) is 22.0 Å². The van der Waals surface area contributed by atoms with Gasteiger partial charge in [0, 0.05) is 5.69 Å². The number of aromatic amines is 2. The fraction of sp³-hybridized carbons (Fsp3) is 0.0909. The highest BCUT2D eigenvalue weighted by Crippen LogP contribution is 2.15. The predicted molar refractivity (Wildman–Crippen MR) is 71.4 cm³/mol. The number of nitrogens with one attached hydrogen (secondary N) is 2. The summed E-state index contributed by atoms with van der Waals surface area (Å²) in [6.07, 6.45) is 3.14. The van der Waals surface area contributed by atoms with E-state index in [9.17, 15) is 0 Å². The van der Waals surface area contributed by atoms with Crippen molar-refractivity contribution in [2.24, 2.45) is 5.10 Å². The number of H-pyrrole nitrogens is 2. The molecule has 0 fully saturated rings. The van der Waals surface area contributed by atoms with Gasteiger partial charge in [0.1, 0.15) is 11.5 Å². The van der Waals surface area contributed by atoms with E-state index in [0.717, 1.165) is 5.69 Å². The first-order valence-electron chi connectivity index (χ1n) is 5.52. The third-order valence-corrected chi connectivity index (χ3v) is 2.69. The Hall–Kier alpha value is -2.48. The minimum Gasteiger partial charge on any atom is -0.463 e. The summed E-state index contributed by atoms with van der Waals surface area (Å²) in [7, 11) is 0. The molecule has 0 unspecified atom stereocenters. The zero-order chi connectivity index (χ0) is 13.2. The van der Waals surface area contributed by atoms with Gasteiger partial charge >= 0.3 is 0 Å². The SMILES string of the molecule is Cc1cc(-c2n[nH]c(=S)n2/N=C\c2ccco2)n[nH]1. The van der Waals surface area contributed by atoms with Crippen molar-refractivity contribution < 1.29 is 4.42 Å². The quantitative estimate of drug-likeness (QED) is 0.565. The number of hydrogen-bond donors (Lipinski definition) is 2. The maximum absolute atomic E-state index is 5.17. The van der Waals surface area contributed by atoms with Crippen molar-refractivity contribution in [1.82, 2.24) is 25.1 Å². The van der Waals surface area contributed by atoms with Crippen molar-refractivity contribution in [1.29, 1.82) is 0 Å². The van der Waals surface area contributed by atoms with E-state index in [-0.39, 0.29) is 0 Å². The van der Waals surface area contributed by atoms with Crippen LogP contribution in [0.5, 0.6) is 0 Å². The molecule has 0 bridgehead atoms. The number of aromatic nitrogens is 5. The first-order valence-corrected chi connectivity index (χ1v) is 5.92. The second-order valence-corrected chi connectivity index (χ2v) is 4.25. The molecule has 0 saturated heterocycles. The summed E-state index contributed by atoms with van der Waals surface area (Å²) in [6.45, 7) is 1.91. The average Bonchev–Trinajstić information content (AvgIpc) is 3.08. The lowest BCUT2D eigenvalue weighted by atomic mass is 10.3. The van der Waals surface area contributed by atoms with E-state index in [1.165, 1.54) is 4.68 Å². The highest BCUT2D eigenvalue weighted by atomic mass is 32.1. The predicted octanol–water partition coefficient (Wildman–Crippen LogP) is 2.11. The molecule has 0 spiro atoms. The molecular formula is C11H10N6OS. The average molecular weight is 274 g/mol. The lowest BCUT2D eigenvalue weighted by Gasteiger charge is -1.95. The Bertz CT molecular complexity index is 763. The molecule has 0 atom stereocenters. The van der Waals surface area contributed by atoms with Crippen LogP contribution in [0.3, 0.4) is 0 Å². The first-order chi connectivity index (χ1) is 9.24. The molecule has 0 aliphatic heterocycles. The van der Waals surface area contributed by atoms with Gasteiger partial charge in [0.15, 0.2) is 0 Å². The summed E-state index contributed by atoms with van der Waals surface area (Å²) in [4.78, 5) is 0. The molecule has 0 amide bonds. The van der Waals surface area contributed by atoms with E-state index in [4.69, 9.17) is 16.6 Å². The third-order valence-electron chi connectivity index (χ3n) is 2.43. The molecule has 3 rings (SSSR count). The molecule has 3 aromatic heterocycles. The normalized spacial score (nSPS) is 11.4. The summed E-state index contributed by atoms with van der Waals surface area (Å²) in [5.74, 6) is 1.17. The fourth-order valence-electron chi connectivity index (χ4n) is 1.58. The maximum Gasteiger partial charge on any atom is 0.216 e. The Labute approximate surface area is 113 Å². The summed E-state index contributed by atoms with van der Waals surface area (Å²) in [6, 6.07) is 5.45. The van der Waals surface area contributed by atoms with Crippen LogP contribution in [0.25, 0.3) is 11.5 Å². The summed E-state index contributed by atoms with van der Waals surface area (Å²) in [5, 5.41) is 18.0. The van der Waals surface area contributed by atoms with E-state index < -0.39 is 0 Å². The fourth-order valence-corrected chi connectivity index (χ4v) is 1.76. The van der Waals surface area contributed by atoms with Gasteiger partial charge < -0.3 is 4.42 Å². The number of furan rings is 1. The molecule has 0 radical (unpaired) electrons. The molecule has 8 heteroatoms. The smallest absolute Gasteiger partial charge is 0.216 e. The topological polar surface area (TPSA) is 87.8 Å². The van der Waals surface area contributed by atoms with Gasteiger partial charge in [-0.15, -0.1) is 0 Å². The number of nitrogens with zero attached hydrogens (tertiary/aromatic N) is 4. The van der Waals surface area contributed by atoms with Crippen molar-refractivity contribution in [3.8, 4) is 11.5 Å². The van der Waals surface area contributed by atoms with Crippen LogP contribution in [0.4, 0.5) is 0 Å². The van der Waals surface area contributed by atoms with Crippen LogP contribution in [0.1, 0.15) is 11.5 Å². The standard InChI is InChI=1S/C11H10N6OS/c1-7-5-9(14-13-7)10-15-16-11(19)17(10)12-6-8-3-2-4-18-8/h2-6H,1H3,(H,13,14)(H,16,19)/b12-6-. The van der Waals surface area contributed by atoms with E-state index in [1.54, 1.807) is 24.6 Å². The minimum absolute atomic E-state index is 0.387. The van der Waals surface area contributed by atoms with Crippen LogP contribution in [-0.2, 0) is 0 Å². The number of hydrogen-bond acceptors (Lipinski definition) is 5. The zero-order valence-electron chi connectivity index (χ0n) is 9.99. The van der Waals surface area contributed by atoms with Gasteiger partial charge in [-0.3, -0.25) is 5.10 Å². The van der Waals surface area contributed by atoms with Crippen LogP contribution in [0.15, 0.2) is 34.0 Å². The van der Waals surface area contributed by atoms with Gasteiger partial charge in [-0.1, -0.05) is 0 Å². The second-order valence-electron chi connectivity index (χ2n) is 3.86. The van der Waals surface area contributed by atoms with E-state index in [1.807, 2.05) is 13.0 Å². The van der Waals surface area contributed by atoms with Crippen molar-refractivity contribution in [3.63, 3.8) is 0 Å². The molecule has 0 aromatic carbocycles. The Morgan fingerprint density at radius 1 is 1.42 bits per heavy atom. The molecule has 0 aliphatic carbocycles. The van der Waals surface area contributed by atoms with Gasteiger partial charge in [-0.05, 0) is 37.3 Å². The Morgan fingerprint density at radius 3 is 3.00 bits per heavy atom. The lowest BCUT2D eigenvalue weighted by molar-refractivity contribution is 0.559. The zero-order valence-corrected chi connectivity index (χ0v) is 10.8. The molecule has 96 valence electrons. The third kappa shape index (κ3) is 2.25. The van der Waals surface area contributed by atoms with Crippen LogP contribution in [0, 0.1) is 11.7 Å². The maximum atomic E-state index is 5.17. The van der Waals surface area contributed by atoms with Crippen LogP contribution >= 0.6 is 12.2 Å². The molecule has 0 saturated carbocycles. The van der Waals surface area contributed by atoms with Crippen molar-refractivity contribution >= 4 is 18.4 Å². The van der Waals surface area contributed by atoms with Crippen LogP contribution in [0.2, 0.25) is 0 Å². The highest BCUT2D eigenvalue weighted by Gasteiger charge is 2.10. The Kier molecular flexibility index (Phi) is 2.84. The summed E-state index contributed by atoms with van der Waals surface area (Å²) in [5.41, 5.74) is 1.60. The van der Waals surface area contributed by atoms with Crippen molar-refractivity contribution in [2.45, 2.75) is 6.92 Å². The summed E-state index contributed by atoms with van der Waals surface area (Å²) < 4.78 is 7.05. The van der Waals surface area contributed by atoms with Gasteiger partial charge in [0.05, 0.1) is 12.5 Å². The van der Waals surface area contributed by atoms with Gasteiger partial charge in [0.2, 0.25) is 10.6 Å². The van der Waals surface area contributed by atoms with E-state index in [2.05, 4.69) is 25.5 Å². The minimum atomic E-state index is 0.387. The molecule has 7 nitrogen and oxygen atoms in total. The Balaban J connectivity index is 2.02. The lowest BCUT2D eigenvalue weighted by Crippen LogP contribution is -1.94. The van der Waals surface area contributed by atoms with Crippen LogP contribution in [-0.4, -0.2) is 31.3 Å². The molecule has 0 aliphatic rings. The second kappa shape index (κ2) is 4.65. The number of rotatable bonds is 3.